The van der Waals surface area contributed by atoms with Gasteiger partial charge in [-0.05, 0) is 55.3 Å². The number of fused-ring (bicyclic) bond motifs is 1. The summed E-state index contributed by atoms with van der Waals surface area (Å²) in [6.45, 7) is 1.97. The molecule has 2 aromatic heterocycles. The number of benzene rings is 1. The zero-order chi connectivity index (χ0) is 22.1. The lowest BCUT2D eigenvalue weighted by atomic mass is 10.0. The fourth-order valence-corrected chi connectivity index (χ4v) is 5.44. The Morgan fingerprint density at radius 1 is 1.31 bits per heavy atom. The van der Waals surface area contributed by atoms with Crippen LogP contribution < -0.4 is 16.2 Å². The molecular formula is C24H25ClN4O2S. The van der Waals surface area contributed by atoms with Gasteiger partial charge in [-0.2, -0.15) is 0 Å². The van der Waals surface area contributed by atoms with Gasteiger partial charge in [0.15, 0.2) is 0 Å². The van der Waals surface area contributed by atoms with Crippen molar-refractivity contribution in [3.8, 4) is 10.4 Å². The van der Waals surface area contributed by atoms with Crippen molar-refractivity contribution in [1.82, 2.24) is 20.2 Å². The van der Waals surface area contributed by atoms with Gasteiger partial charge in [0, 0.05) is 47.4 Å². The van der Waals surface area contributed by atoms with Gasteiger partial charge in [0.25, 0.3) is 5.56 Å². The molecule has 0 amide bonds. The Morgan fingerprint density at radius 3 is 2.91 bits per heavy atom. The maximum Gasteiger partial charge on any atom is 0.275 e. The van der Waals surface area contributed by atoms with E-state index in [1.807, 2.05) is 42.5 Å². The number of nitrogens with zero attached hydrogens (tertiary/aromatic N) is 2. The van der Waals surface area contributed by atoms with Crippen LogP contribution in [0.2, 0.25) is 5.02 Å². The maximum absolute atomic E-state index is 13.3. The second-order valence-electron chi connectivity index (χ2n) is 8.13. The predicted molar refractivity (Wildman–Crippen MR) is 131 cm³/mol. The molecule has 5 rings (SSSR count). The highest BCUT2D eigenvalue weighted by atomic mass is 35.5. The van der Waals surface area contributed by atoms with Crippen molar-refractivity contribution in [1.29, 1.82) is 0 Å². The monoisotopic (exact) mass is 468 g/mol. The van der Waals surface area contributed by atoms with Gasteiger partial charge in [-0.15, -0.1) is 11.3 Å². The molecule has 6 nitrogen and oxygen atoms in total. The first-order valence-corrected chi connectivity index (χ1v) is 12.0. The molecule has 0 spiro atoms. The fraction of sp³-hybridized carbons (Fsp3) is 0.333. The second-order valence-corrected chi connectivity index (χ2v) is 9.62. The van der Waals surface area contributed by atoms with Crippen molar-refractivity contribution in [3.63, 3.8) is 0 Å². The normalized spacial score (nSPS) is 20.9. The van der Waals surface area contributed by atoms with Crippen LogP contribution in [0.1, 0.15) is 19.3 Å². The summed E-state index contributed by atoms with van der Waals surface area (Å²) in [5.41, 5.74) is 3.61. The van der Waals surface area contributed by atoms with Crippen LogP contribution in [0.4, 0.5) is 0 Å². The van der Waals surface area contributed by atoms with Crippen LogP contribution in [0.25, 0.3) is 26.4 Å². The lowest BCUT2D eigenvalue weighted by Gasteiger charge is -2.26. The Hall–Kier alpha value is -2.45. The highest BCUT2D eigenvalue weighted by Gasteiger charge is 2.23. The third kappa shape index (κ3) is 4.26. The zero-order valence-electron chi connectivity index (χ0n) is 17.8. The molecule has 1 aliphatic carbocycles. The number of methoxy groups -OCH3 is 1. The number of halogens is 1. The molecule has 2 unspecified atom stereocenters. The van der Waals surface area contributed by atoms with Crippen LogP contribution in [0, 0.1) is 0 Å². The quantitative estimate of drug-likeness (QED) is 0.565. The average molecular weight is 469 g/mol. The summed E-state index contributed by atoms with van der Waals surface area (Å²) in [6, 6.07) is 10.1. The summed E-state index contributed by atoms with van der Waals surface area (Å²) in [5.74, 6) is 0. The number of rotatable bonds is 6. The molecule has 3 aromatic rings. The molecule has 1 saturated heterocycles. The van der Waals surface area contributed by atoms with Gasteiger partial charge in [0.2, 0.25) is 0 Å². The lowest BCUT2D eigenvalue weighted by Crippen LogP contribution is -2.37. The largest absolute Gasteiger partial charge is 0.385 e. The minimum Gasteiger partial charge on any atom is -0.385 e. The van der Waals surface area contributed by atoms with Crippen molar-refractivity contribution < 1.29 is 4.74 Å². The zero-order valence-corrected chi connectivity index (χ0v) is 19.4. The van der Waals surface area contributed by atoms with Gasteiger partial charge in [0.1, 0.15) is 17.1 Å². The molecule has 1 aliphatic heterocycles. The Bertz CT molecular complexity index is 1240. The summed E-state index contributed by atoms with van der Waals surface area (Å²) < 4.78 is 8.02. The van der Waals surface area contributed by atoms with Crippen LogP contribution in [0.15, 0.2) is 59.3 Å². The Kier molecular flexibility index (Phi) is 6.15. The van der Waals surface area contributed by atoms with E-state index >= 15 is 0 Å². The fourth-order valence-electron chi connectivity index (χ4n) is 4.27. The number of nitrogens with one attached hydrogen (secondary N) is 2. The molecule has 166 valence electrons. The van der Waals surface area contributed by atoms with Crippen molar-refractivity contribution in [2.24, 2.45) is 0 Å². The Morgan fingerprint density at radius 2 is 2.16 bits per heavy atom. The number of hydrogen-bond donors (Lipinski definition) is 2. The molecule has 8 heteroatoms. The van der Waals surface area contributed by atoms with Gasteiger partial charge in [0.05, 0.1) is 5.52 Å². The topological polar surface area (TPSA) is 68.2 Å². The number of ether oxygens (including phenoxy) is 1. The number of aromatic nitrogens is 2. The summed E-state index contributed by atoms with van der Waals surface area (Å²) in [7, 11) is 1.71. The van der Waals surface area contributed by atoms with Crippen LogP contribution >= 0.6 is 22.9 Å². The Balaban J connectivity index is 1.42. The standard InChI is InChI=1S/C24H25ClN4O2S/c1-31-21-11-18(8-9-19(21)27-13-17-3-2-10-26-17)29-14-28-20-12-22(32-23(20)24(29)30)15-4-6-16(25)7-5-15/h4-9,12,14,17,21,26-27H,2-3,10-11,13H2,1H3. The number of allylic oxidation sites excluding steroid dienone is 2. The average Bonchev–Trinajstić information content (AvgIpc) is 3.49. The van der Waals surface area contributed by atoms with Crippen molar-refractivity contribution in [2.45, 2.75) is 31.4 Å². The van der Waals surface area contributed by atoms with E-state index in [0.717, 1.165) is 34.9 Å². The van der Waals surface area contributed by atoms with Gasteiger partial charge in [-0.1, -0.05) is 23.7 Å². The highest BCUT2D eigenvalue weighted by Crippen LogP contribution is 2.32. The minimum absolute atomic E-state index is 0.0544. The third-order valence-corrected chi connectivity index (χ3v) is 7.49. The summed E-state index contributed by atoms with van der Waals surface area (Å²) in [4.78, 5) is 18.8. The van der Waals surface area contributed by atoms with E-state index in [-0.39, 0.29) is 11.7 Å². The summed E-state index contributed by atoms with van der Waals surface area (Å²) >= 11 is 7.46. The van der Waals surface area contributed by atoms with Crippen molar-refractivity contribution in [3.05, 3.63) is 69.9 Å². The summed E-state index contributed by atoms with van der Waals surface area (Å²) in [6.07, 6.45) is 8.54. The molecule has 2 N–H and O–H groups in total. The van der Waals surface area contributed by atoms with E-state index in [1.54, 1.807) is 18.0 Å². The van der Waals surface area contributed by atoms with Crippen LogP contribution in [0.3, 0.4) is 0 Å². The van der Waals surface area contributed by atoms with Crippen LogP contribution in [0.5, 0.6) is 0 Å². The van der Waals surface area contributed by atoms with Crippen LogP contribution in [-0.2, 0) is 4.74 Å². The van der Waals surface area contributed by atoms with Crippen molar-refractivity contribution >= 4 is 38.9 Å². The van der Waals surface area contributed by atoms with Gasteiger partial charge >= 0.3 is 0 Å². The smallest absolute Gasteiger partial charge is 0.275 e. The third-order valence-electron chi connectivity index (χ3n) is 6.07. The molecule has 0 saturated carbocycles. The first-order valence-electron chi connectivity index (χ1n) is 10.8. The molecule has 1 fully saturated rings. The molecule has 2 aliphatic rings. The van der Waals surface area contributed by atoms with Gasteiger partial charge in [-0.25, -0.2) is 4.98 Å². The first-order chi connectivity index (χ1) is 15.6. The molecule has 32 heavy (non-hydrogen) atoms. The van der Waals surface area contributed by atoms with Gasteiger partial charge in [-0.3, -0.25) is 9.36 Å². The molecule has 3 heterocycles. The maximum atomic E-state index is 13.3. The summed E-state index contributed by atoms with van der Waals surface area (Å²) in [5, 5.41) is 7.71. The Labute approximate surface area is 195 Å². The lowest BCUT2D eigenvalue weighted by molar-refractivity contribution is 0.127. The molecule has 2 atom stereocenters. The van der Waals surface area contributed by atoms with Crippen molar-refractivity contribution in [2.75, 3.05) is 20.2 Å². The number of thiophene rings is 1. The van der Waals surface area contributed by atoms with E-state index in [9.17, 15) is 4.79 Å². The van der Waals surface area contributed by atoms with E-state index in [1.165, 1.54) is 24.2 Å². The molecule has 1 aromatic carbocycles. The SMILES string of the molecule is COC1CC(n2cnc3cc(-c4ccc(Cl)cc4)sc3c2=O)=CC=C1NCC1CCCN1. The van der Waals surface area contributed by atoms with E-state index < -0.39 is 0 Å². The van der Waals surface area contributed by atoms with E-state index in [4.69, 9.17) is 16.3 Å². The van der Waals surface area contributed by atoms with E-state index in [0.29, 0.717) is 27.7 Å². The second kappa shape index (κ2) is 9.19. The highest BCUT2D eigenvalue weighted by molar-refractivity contribution is 7.22. The van der Waals surface area contributed by atoms with E-state index in [2.05, 4.69) is 15.6 Å². The first kappa shape index (κ1) is 21.4. The molecule has 0 bridgehead atoms. The molecule has 0 radical (unpaired) electrons. The van der Waals surface area contributed by atoms with Crippen LogP contribution in [-0.4, -0.2) is 41.9 Å². The number of hydrogen-bond acceptors (Lipinski definition) is 6. The van der Waals surface area contributed by atoms with Gasteiger partial charge < -0.3 is 15.4 Å². The molecular weight excluding hydrogens is 444 g/mol. The minimum atomic E-state index is -0.119. The predicted octanol–water partition coefficient (Wildman–Crippen LogP) is 4.26.